The van der Waals surface area contributed by atoms with Crippen LogP contribution in [0.4, 0.5) is 9.18 Å². The summed E-state index contributed by atoms with van der Waals surface area (Å²) in [5.74, 6) is -2.34. The molecule has 11 heteroatoms. The molecule has 1 N–H and O–H groups in total. The van der Waals surface area contributed by atoms with Crippen LogP contribution >= 0.6 is 0 Å². The molecule has 36 heavy (non-hydrogen) atoms. The van der Waals surface area contributed by atoms with Crippen LogP contribution in [0.3, 0.4) is 0 Å². The molecule has 1 atom stereocenters. The molecule has 0 spiro atoms. The zero-order chi connectivity index (χ0) is 26.4. The van der Waals surface area contributed by atoms with Gasteiger partial charge in [0.1, 0.15) is 11.5 Å². The molecule has 1 aliphatic heterocycles. The number of hydrogen-bond donors (Lipinski definition) is 1. The predicted octanol–water partition coefficient (Wildman–Crippen LogP) is 4.04. The van der Waals surface area contributed by atoms with Crippen LogP contribution in [-0.4, -0.2) is 55.7 Å². The molecule has 190 valence electrons. The number of rotatable bonds is 7. The number of fused-ring (bicyclic) bond motifs is 1. The summed E-state index contributed by atoms with van der Waals surface area (Å²) in [4.78, 5) is 41.5. The third kappa shape index (κ3) is 4.70. The Morgan fingerprint density at radius 2 is 1.97 bits per heavy atom. The van der Waals surface area contributed by atoms with E-state index in [1.807, 2.05) is 6.92 Å². The fourth-order valence-electron chi connectivity index (χ4n) is 4.44. The van der Waals surface area contributed by atoms with Crippen LogP contribution in [0, 0.1) is 12.7 Å². The van der Waals surface area contributed by atoms with Gasteiger partial charge in [0.05, 0.1) is 23.9 Å². The number of imide groups is 1. The summed E-state index contributed by atoms with van der Waals surface area (Å²) in [5.41, 5.74) is 2.57. The summed E-state index contributed by atoms with van der Waals surface area (Å²) in [6.07, 6.45) is 0.258. The van der Waals surface area contributed by atoms with Gasteiger partial charge in [0, 0.05) is 22.8 Å². The standard InChI is InChI=1S/C25H25FN2O7S/c1-5-34-24(30)23-21(15-6-7-16(19(26)10-15)12-36(4,32)33)18-9-13(2)8-17(22(18)27-23)14(3)28-20(29)11-35-25(28)31/h6-10,14,27H,5,11-12H2,1-4H3/t14-/m0/s1. The summed E-state index contributed by atoms with van der Waals surface area (Å²) >= 11 is 0. The molecular weight excluding hydrogens is 491 g/mol. The first-order valence-corrected chi connectivity index (χ1v) is 13.3. The van der Waals surface area contributed by atoms with Crippen LogP contribution in [0.5, 0.6) is 0 Å². The monoisotopic (exact) mass is 516 g/mol. The van der Waals surface area contributed by atoms with Crippen LogP contribution in [-0.2, 0) is 29.9 Å². The second-order valence-corrected chi connectivity index (χ2v) is 10.9. The van der Waals surface area contributed by atoms with Gasteiger partial charge in [-0.25, -0.2) is 27.3 Å². The number of amides is 2. The number of aryl methyl sites for hydroxylation is 1. The molecule has 1 aliphatic rings. The number of hydrogen-bond acceptors (Lipinski definition) is 7. The summed E-state index contributed by atoms with van der Waals surface area (Å²) in [5, 5.41) is 0.551. The highest BCUT2D eigenvalue weighted by atomic mass is 32.2. The number of aromatic amines is 1. The largest absolute Gasteiger partial charge is 0.461 e. The predicted molar refractivity (Wildman–Crippen MR) is 130 cm³/mol. The Morgan fingerprint density at radius 1 is 1.25 bits per heavy atom. The molecule has 4 rings (SSSR count). The van der Waals surface area contributed by atoms with Crippen molar-refractivity contribution in [3.8, 4) is 11.1 Å². The highest BCUT2D eigenvalue weighted by Crippen LogP contribution is 2.39. The van der Waals surface area contributed by atoms with Gasteiger partial charge in [-0.3, -0.25) is 4.79 Å². The van der Waals surface area contributed by atoms with Gasteiger partial charge in [-0.1, -0.05) is 23.8 Å². The Kier molecular flexibility index (Phi) is 6.61. The lowest BCUT2D eigenvalue weighted by Gasteiger charge is -2.21. The molecular formula is C25H25FN2O7S. The Labute approximate surface area is 207 Å². The first-order valence-electron chi connectivity index (χ1n) is 11.2. The number of esters is 1. The topological polar surface area (TPSA) is 123 Å². The van der Waals surface area contributed by atoms with E-state index < -0.39 is 45.4 Å². The lowest BCUT2D eigenvalue weighted by Crippen LogP contribution is -2.32. The van der Waals surface area contributed by atoms with Gasteiger partial charge < -0.3 is 14.5 Å². The van der Waals surface area contributed by atoms with Gasteiger partial charge in [0.2, 0.25) is 0 Å². The van der Waals surface area contributed by atoms with E-state index in [2.05, 4.69) is 4.98 Å². The van der Waals surface area contributed by atoms with Crippen molar-refractivity contribution >= 4 is 38.7 Å². The molecule has 1 saturated heterocycles. The number of carbonyl (C=O) groups is 3. The molecule has 0 radical (unpaired) electrons. The molecule has 0 saturated carbocycles. The minimum Gasteiger partial charge on any atom is -0.461 e. The van der Waals surface area contributed by atoms with Crippen molar-refractivity contribution in [3.05, 3.63) is 58.5 Å². The zero-order valence-corrected chi connectivity index (χ0v) is 21.0. The highest BCUT2D eigenvalue weighted by molar-refractivity contribution is 7.89. The van der Waals surface area contributed by atoms with E-state index in [0.717, 1.165) is 16.7 Å². The van der Waals surface area contributed by atoms with E-state index in [9.17, 15) is 27.2 Å². The lowest BCUT2D eigenvalue weighted by atomic mass is 9.95. The fourth-order valence-corrected chi connectivity index (χ4v) is 5.24. The van der Waals surface area contributed by atoms with E-state index >= 15 is 0 Å². The highest BCUT2D eigenvalue weighted by Gasteiger charge is 2.37. The fraction of sp³-hybridized carbons (Fsp3) is 0.320. The molecule has 1 fully saturated rings. The number of benzene rings is 2. The molecule has 3 aromatic rings. The normalized spacial score (nSPS) is 14.9. The number of ether oxygens (including phenoxy) is 2. The maximum absolute atomic E-state index is 14.9. The SMILES string of the molecule is CCOC(=O)c1[nH]c2c([C@H](C)N3C(=O)COC3=O)cc(C)cc2c1-c1ccc(CS(C)(=O)=O)c(F)c1. The minimum absolute atomic E-state index is 0.00956. The Morgan fingerprint density at radius 3 is 2.56 bits per heavy atom. The van der Waals surface area contributed by atoms with Crippen LogP contribution in [0.15, 0.2) is 30.3 Å². The molecule has 0 aliphatic carbocycles. The molecule has 2 heterocycles. The number of cyclic esters (lactones) is 1. The number of H-pyrrole nitrogens is 1. The lowest BCUT2D eigenvalue weighted by molar-refractivity contribution is -0.127. The second-order valence-electron chi connectivity index (χ2n) is 8.74. The van der Waals surface area contributed by atoms with Crippen molar-refractivity contribution in [2.75, 3.05) is 19.5 Å². The summed E-state index contributed by atoms with van der Waals surface area (Å²) in [7, 11) is -3.46. The maximum atomic E-state index is 14.9. The Hall–Kier alpha value is -3.73. The van der Waals surface area contributed by atoms with Crippen molar-refractivity contribution in [1.82, 2.24) is 9.88 Å². The summed E-state index contributed by atoms with van der Waals surface area (Å²) in [6, 6.07) is 6.96. The van der Waals surface area contributed by atoms with Crippen molar-refractivity contribution in [2.45, 2.75) is 32.6 Å². The molecule has 2 aromatic carbocycles. The van der Waals surface area contributed by atoms with E-state index in [1.165, 1.54) is 12.1 Å². The van der Waals surface area contributed by atoms with Crippen molar-refractivity contribution in [1.29, 1.82) is 0 Å². The van der Waals surface area contributed by atoms with Gasteiger partial charge in [0.15, 0.2) is 16.4 Å². The van der Waals surface area contributed by atoms with Crippen LogP contribution in [0.1, 0.15) is 47.1 Å². The molecule has 0 unspecified atom stereocenters. The average Bonchev–Trinajstić information content (AvgIpc) is 3.33. The van der Waals surface area contributed by atoms with Crippen LogP contribution in [0.25, 0.3) is 22.0 Å². The minimum atomic E-state index is -3.46. The molecule has 9 nitrogen and oxygen atoms in total. The molecule has 0 bridgehead atoms. The number of aromatic nitrogens is 1. The zero-order valence-electron chi connectivity index (χ0n) is 20.2. The van der Waals surface area contributed by atoms with Gasteiger partial charge in [-0.2, -0.15) is 0 Å². The van der Waals surface area contributed by atoms with Crippen molar-refractivity contribution in [3.63, 3.8) is 0 Å². The summed E-state index contributed by atoms with van der Waals surface area (Å²) < 4.78 is 48.3. The van der Waals surface area contributed by atoms with Gasteiger partial charge in [0.25, 0.3) is 5.91 Å². The number of nitrogens with zero attached hydrogens (tertiary/aromatic N) is 1. The van der Waals surface area contributed by atoms with Crippen LogP contribution < -0.4 is 0 Å². The number of sulfone groups is 1. The van der Waals surface area contributed by atoms with E-state index in [0.29, 0.717) is 27.6 Å². The summed E-state index contributed by atoms with van der Waals surface area (Å²) in [6.45, 7) is 4.90. The van der Waals surface area contributed by atoms with E-state index in [4.69, 9.17) is 9.47 Å². The average molecular weight is 517 g/mol. The smallest absolute Gasteiger partial charge is 0.417 e. The third-order valence-electron chi connectivity index (χ3n) is 5.94. The third-order valence-corrected chi connectivity index (χ3v) is 6.78. The molecule has 1 aromatic heterocycles. The quantitative estimate of drug-likeness (QED) is 0.470. The van der Waals surface area contributed by atoms with Crippen molar-refractivity contribution in [2.24, 2.45) is 0 Å². The van der Waals surface area contributed by atoms with Crippen molar-refractivity contribution < 1.29 is 36.7 Å². The number of carbonyl (C=O) groups excluding carboxylic acids is 3. The Balaban J connectivity index is 1.95. The number of nitrogens with one attached hydrogen (secondary N) is 1. The second kappa shape index (κ2) is 9.38. The Bertz CT molecular complexity index is 1490. The van der Waals surface area contributed by atoms with E-state index in [1.54, 1.807) is 32.0 Å². The van der Waals surface area contributed by atoms with Gasteiger partial charge in [-0.15, -0.1) is 0 Å². The van der Waals surface area contributed by atoms with Gasteiger partial charge in [-0.05, 0) is 44.0 Å². The molecule has 2 amide bonds. The van der Waals surface area contributed by atoms with Crippen LogP contribution in [0.2, 0.25) is 0 Å². The first-order chi connectivity index (χ1) is 16.9. The van der Waals surface area contributed by atoms with E-state index in [-0.39, 0.29) is 24.5 Å². The van der Waals surface area contributed by atoms with Gasteiger partial charge >= 0.3 is 12.1 Å². The number of halogens is 1. The maximum Gasteiger partial charge on any atom is 0.417 e. The first kappa shape index (κ1) is 25.4.